The molecule has 1 rings (SSSR count). The zero-order chi connectivity index (χ0) is 9.36. The molecule has 4 nitrogen and oxygen atoms in total. The Hall–Kier alpha value is -1.67. The van der Waals surface area contributed by atoms with Crippen molar-refractivity contribution in [3.8, 4) is 5.75 Å². The minimum Gasteiger partial charge on any atom is -0.494 e. The van der Waals surface area contributed by atoms with E-state index in [2.05, 4.69) is 10.0 Å². The monoisotopic (exact) mass is 177 g/mol. The standard InChI is InChI=1S/C9H11N3O/c10-12-11-7-4-8-13-9-5-2-1-3-6-9/h1-3,5-6H,4,7-8H2. The molecule has 1 aromatic rings. The molecule has 0 atom stereocenters. The second-order valence-electron chi connectivity index (χ2n) is 2.47. The number of azide groups is 1. The molecule has 4 heteroatoms. The van der Waals surface area contributed by atoms with Gasteiger partial charge in [0.1, 0.15) is 5.75 Å². The van der Waals surface area contributed by atoms with Crippen LogP contribution >= 0.6 is 0 Å². The fourth-order valence-corrected chi connectivity index (χ4v) is 0.887. The van der Waals surface area contributed by atoms with Crippen molar-refractivity contribution in [2.75, 3.05) is 13.2 Å². The topological polar surface area (TPSA) is 58.0 Å². The number of rotatable bonds is 5. The summed E-state index contributed by atoms with van der Waals surface area (Å²) in [6.07, 6.45) is 0.749. The Kier molecular flexibility index (Phi) is 4.29. The predicted octanol–water partition coefficient (Wildman–Crippen LogP) is 2.77. The van der Waals surface area contributed by atoms with Gasteiger partial charge in [-0.05, 0) is 24.1 Å². The second kappa shape index (κ2) is 5.91. The van der Waals surface area contributed by atoms with Crippen LogP contribution in [0.1, 0.15) is 6.42 Å². The fourth-order valence-electron chi connectivity index (χ4n) is 0.887. The van der Waals surface area contributed by atoms with Gasteiger partial charge in [-0.2, -0.15) is 0 Å². The summed E-state index contributed by atoms with van der Waals surface area (Å²) in [7, 11) is 0. The van der Waals surface area contributed by atoms with E-state index in [4.69, 9.17) is 10.3 Å². The van der Waals surface area contributed by atoms with Gasteiger partial charge >= 0.3 is 0 Å². The van der Waals surface area contributed by atoms with Gasteiger partial charge in [-0.1, -0.05) is 23.3 Å². The first-order chi connectivity index (χ1) is 6.43. The van der Waals surface area contributed by atoms with Crippen molar-refractivity contribution >= 4 is 0 Å². The van der Waals surface area contributed by atoms with Crippen LogP contribution in [0.2, 0.25) is 0 Å². The zero-order valence-corrected chi connectivity index (χ0v) is 7.26. The molecule has 68 valence electrons. The van der Waals surface area contributed by atoms with Gasteiger partial charge < -0.3 is 4.74 Å². The van der Waals surface area contributed by atoms with Gasteiger partial charge in [-0.15, -0.1) is 0 Å². The van der Waals surface area contributed by atoms with Crippen molar-refractivity contribution in [2.45, 2.75) is 6.42 Å². The largest absolute Gasteiger partial charge is 0.494 e. The van der Waals surface area contributed by atoms with Crippen LogP contribution in [-0.2, 0) is 0 Å². The Morgan fingerprint density at radius 3 is 2.77 bits per heavy atom. The Balaban J connectivity index is 2.17. The van der Waals surface area contributed by atoms with Crippen LogP contribution in [-0.4, -0.2) is 13.2 Å². The Bertz CT molecular complexity index is 280. The van der Waals surface area contributed by atoms with E-state index in [1.54, 1.807) is 0 Å². The van der Waals surface area contributed by atoms with E-state index in [0.29, 0.717) is 13.2 Å². The van der Waals surface area contributed by atoms with Crippen molar-refractivity contribution in [3.63, 3.8) is 0 Å². The molecular weight excluding hydrogens is 166 g/mol. The van der Waals surface area contributed by atoms with Crippen LogP contribution in [0.3, 0.4) is 0 Å². The van der Waals surface area contributed by atoms with Gasteiger partial charge in [0.15, 0.2) is 0 Å². The lowest BCUT2D eigenvalue weighted by atomic mass is 10.3. The Labute approximate surface area is 76.8 Å². The summed E-state index contributed by atoms with van der Waals surface area (Å²) in [6, 6.07) is 9.57. The van der Waals surface area contributed by atoms with E-state index < -0.39 is 0 Å². The molecule has 0 aromatic heterocycles. The minimum atomic E-state index is 0.489. The molecule has 0 aliphatic heterocycles. The molecule has 0 bridgehead atoms. The van der Waals surface area contributed by atoms with Gasteiger partial charge in [0.2, 0.25) is 0 Å². The van der Waals surface area contributed by atoms with E-state index in [9.17, 15) is 0 Å². The van der Waals surface area contributed by atoms with Crippen LogP contribution in [0.25, 0.3) is 10.4 Å². The smallest absolute Gasteiger partial charge is 0.119 e. The van der Waals surface area contributed by atoms with Gasteiger partial charge in [0.05, 0.1) is 6.61 Å². The molecule has 0 fully saturated rings. The maximum atomic E-state index is 8.00. The number of nitrogens with zero attached hydrogens (tertiary/aromatic N) is 3. The summed E-state index contributed by atoms with van der Waals surface area (Å²) in [4.78, 5) is 2.65. The van der Waals surface area contributed by atoms with Crippen LogP contribution < -0.4 is 4.74 Å². The highest BCUT2D eigenvalue weighted by Crippen LogP contribution is 2.08. The molecule has 0 aliphatic rings. The van der Waals surface area contributed by atoms with E-state index in [0.717, 1.165) is 12.2 Å². The SMILES string of the molecule is [N-]=[N+]=NCCCOc1ccccc1. The lowest BCUT2D eigenvalue weighted by molar-refractivity contribution is 0.313. The minimum absolute atomic E-state index is 0.489. The van der Waals surface area contributed by atoms with Crippen molar-refractivity contribution in [1.82, 2.24) is 0 Å². The van der Waals surface area contributed by atoms with Crippen molar-refractivity contribution < 1.29 is 4.74 Å². The average molecular weight is 177 g/mol. The highest BCUT2D eigenvalue weighted by atomic mass is 16.5. The average Bonchev–Trinajstić information content (AvgIpc) is 2.19. The summed E-state index contributed by atoms with van der Waals surface area (Å²) < 4.78 is 5.37. The van der Waals surface area contributed by atoms with Crippen LogP contribution in [0.15, 0.2) is 35.4 Å². The highest BCUT2D eigenvalue weighted by molar-refractivity contribution is 5.20. The predicted molar refractivity (Wildman–Crippen MR) is 50.6 cm³/mol. The van der Waals surface area contributed by atoms with E-state index in [1.165, 1.54) is 0 Å². The third kappa shape index (κ3) is 4.03. The summed E-state index contributed by atoms with van der Waals surface area (Å²) in [5, 5.41) is 3.40. The van der Waals surface area contributed by atoms with Crippen LogP contribution in [0, 0.1) is 0 Å². The number of ether oxygens (including phenoxy) is 1. The van der Waals surface area contributed by atoms with Gasteiger partial charge in [-0.25, -0.2) is 0 Å². The summed E-state index contributed by atoms with van der Waals surface area (Å²) in [5.74, 6) is 0.850. The van der Waals surface area contributed by atoms with Crippen molar-refractivity contribution in [2.24, 2.45) is 5.11 Å². The first-order valence-corrected chi connectivity index (χ1v) is 4.12. The maximum absolute atomic E-state index is 8.00. The number of hydrogen-bond acceptors (Lipinski definition) is 2. The van der Waals surface area contributed by atoms with Crippen LogP contribution in [0.5, 0.6) is 5.75 Å². The lowest BCUT2D eigenvalue weighted by Crippen LogP contribution is -1.98. The zero-order valence-electron chi connectivity index (χ0n) is 7.26. The summed E-state index contributed by atoms with van der Waals surface area (Å²) >= 11 is 0. The molecule has 1 aromatic carbocycles. The summed E-state index contributed by atoms with van der Waals surface area (Å²) in [6.45, 7) is 1.08. The quantitative estimate of drug-likeness (QED) is 0.295. The molecule has 0 aliphatic carbocycles. The van der Waals surface area contributed by atoms with Crippen LogP contribution in [0.4, 0.5) is 0 Å². The van der Waals surface area contributed by atoms with Gasteiger partial charge in [0.25, 0.3) is 0 Å². The maximum Gasteiger partial charge on any atom is 0.119 e. The third-order valence-corrected chi connectivity index (χ3v) is 1.48. The summed E-state index contributed by atoms with van der Waals surface area (Å²) in [5.41, 5.74) is 8.00. The van der Waals surface area contributed by atoms with E-state index >= 15 is 0 Å². The molecule has 0 heterocycles. The molecule has 0 N–H and O–H groups in total. The lowest BCUT2D eigenvalue weighted by Gasteiger charge is -2.03. The first kappa shape index (κ1) is 9.42. The number of hydrogen-bond donors (Lipinski definition) is 0. The molecular formula is C9H11N3O. The fraction of sp³-hybridized carbons (Fsp3) is 0.333. The molecule has 0 unspecified atom stereocenters. The number of para-hydroxylation sites is 1. The molecule has 0 spiro atoms. The van der Waals surface area contributed by atoms with Crippen molar-refractivity contribution in [3.05, 3.63) is 40.8 Å². The molecule has 0 amide bonds. The van der Waals surface area contributed by atoms with Gasteiger partial charge in [-0.3, -0.25) is 0 Å². The van der Waals surface area contributed by atoms with E-state index in [1.807, 2.05) is 30.3 Å². The van der Waals surface area contributed by atoms with E-state index in [-0.39, 0.29) is 0 Å². The van der Waals surface area contributed by atoms with Gasteiger partial charge in [0, 0.05) is 11.5 Å². The third-order valence-electron chi connectivity index (χ3n) is 1.48. The second-order valence-corrected chi connectivity index (χ2v) is 2.47. The first-order valence-electron chi connectivity index (χ1n) is 4.12. The normalized spacial score (nSPS) is 8.92. The number of benzene rings is 1. The molecule has 0 radical (unpaired) electrons. The molecule has 0 saturated carbocycles. The Morgan fingerprint density at radius 2 is 2.08 bits per heavy atom. The molecule has 0 saturated heterocycles. The Morgan fingerprint density at radius 1 is 1.31 bits per heavy atom. The van der Waals surface area contributed by atoms with Crippen molar-refractivity contribution in [1.29, 1.82) is 0 Å². The highest BCUT2D eigenvalue weighted by Gasteiger charge is 1.89. The molecule has 13 heavy (non-hydrogen) atoms.